The summed E-state index contributed by atoms with van der Waals surface area (Å²) in [5.41, 5.74) is 2.22. The predicted molar refractivity (Wildman–Crippen MR) is 120 cm³/mol. The van der Waals surface area contributed by atoms with Crippen molar-refractivity contribution in [3.8, 4) is 11.3 Å². The first-order chi connectivity index (χ1) is 15.3. The second-order valence-electron chi connectivity index (χ2n) is 7.77. The van der Waals surface area contributed by atoms with E-state index in [2.05, 4.69) is 21.0 Å². The predicted octanol–water partition coefficient (Wildman–Crippen LogP) is 6.00. The summed E-state index contributed by atoms with van der Waals surface area (Å²) in [4.78, 5) is 12.4. The van der Waals surface area contributed by atoms with Crippen LogP contribution in [0.5, 0.6) is 0 Å². The first-order valence-electron chi connectivity index (χ1n) is 10.00. The van der Waals surface area contributed by atoms with E-state index in [1.165, 1.54) is 0 Å². The molecule has 1 aromatic carbocycles. The fourth-order valence-corrected chi connectivity index (χ4v) is 3.31. The van der Waals surface area contributed by atoms with Crippen molar-refractivity contribution in [1.82, 2.24) is 15.0 Å². The fourth-order valence-electron chi connectivity index (χ4n) is 3.31. The molecule has 0 aliphatic carbocycles. The quantitative estimate of drug-likeness (QED) is 0.169. The Labute approximate surface area is 205 Å². The molecular formula is C26H20F2N3OPt-. The summed E-state index contributed by atoms with van der Waals surface area (Å²) in [5, 5.41) is 10.6. The Kier molecular flexibility index (Phi) is 7.49. The molecule has 1 N–H and O–H groups in total. The number of halogens is 2. The van der Waals surface area contributed by atoms with Crippen LogP contribution in [0, 0.1) is 18.0 Å². The van der Waals surface area contributed by atoms with Gasteiger partial charge in [-0.15, -0.1) is 6.07 Å². The van der Waals surface area contributed by atoms with Gasteiger partial charge in [0.15, 0.2) is 0 Å². The van der Waals surface area contributed by atoms with Gasteiger partial charge in [-0.1, -0.05) is 60.2 Å². The van der Waals surface area contributed by atoms with Gasteiger partial charge >= 0.3 is 0 Å². The normalized spacial score (nSPS) is 11.7. The number of hydrogen-bond acceptors (Lipinski definition) is 4. The van der Waals surface area contributed by atoms with Crippen molar-refractivity contribution in [3.05, 3.63) is 113 Å². The van der Waals surface area contributed by atoms with E-state index in [0.29, 0.717) is 22.8 Å². The number of aliphatic hydroxyl groups is 1. The zero-order valence-electron chi connectivity index (χ0n) is 17.9. The van der Waals surface area contributed by atoms with Gasteiger partial charge in [0.1, 0.15) is 23.3 Å². The van der Waals surface area contributed by atoms with E-state index < -0.39 is 17.3 Å². The van der Waals surface area contributed by atoms with Gasteiger partial charge in [-0.25, -0.2) is 13.8 Å². The molecular weight excluding hydrogens is 603 g/mol. The summed E-state index contributed by atoms with van der Waals surface area (Å²) in [6, 6.07) is 23.6. The molecule has 0 spiro atoms. The number of pyridine rings is 3. The van der Waals surface area contributed by atoms with Crippen LogP contribution in [0.25, 0.3) is 23.1 Å². The summed E-state index contributed by atoms with van der Waals surface area (Å²) in [6.45, 7) is 3.87. The molecule has 0 bridgehead atoms. The molecule has 3 aromatic heterocycles. The van der Waals surface area contributed by atoms with Gasteiger partial charge in [0.2, 0.25) is 0 Å². The van der Waals surface area contributed by atoms with Crippen LogP contribution in [0.1, 0.15) is 36.5 Å². The molecule has 4 rings (SSSR count). The average Bonchev–Trinajstić information content (AvgIpc) is 2.80. The SMILES string of the molecule is CC(C)(c1cccc(/C(O)=C/c2ccccc2)n1)c1cccc(-c2[c-]cc(F)nc2F)n1.[Pt]. The third-order valence-electron chi connectivity index (χ3n) is 5.15. The van der Waals surface area contributed by atoms with Crippen LogP contribution < -0.4 is 0 Å². The van der Waals surface area contributed by atoms with Crippen LogP contribution in [-0.2, 0) is 26.5 Å². The van der Waals surface area contributed by atoms with Crippen molar-refractivity contribution in [1.29, 1.82) is 0 Å². The van der Waals surface area contributed by atoms with Crippen molar-refractivity contribution in [2.24, 2.45) is 0 Å². The first kappa shape index (κ1) is 24.4. The van der Waals surface area contributed by atoms with Crippen LogP contribution >= 0.6 is 0 Å². The van der Waals surface area contributed by atoms with Gasteiger partial charge in [-0.3, -0.25) is 4.98 Å². The first-order valence-corrected chi connectivity index (χ1v) is 10.00. The third-order valence-corrected chi connectivity index (χ3v) is 5.15. The molecule has 170 valence electrons. The molecule has 0 fully saturated rings. The van der Waals surface area contributed by atoms with Gasteiger partial charge in [-0.05, 0) is 49.4 Å². The molecule has 0 unspecified atom stereocenters. The zero-order chi connectivity index (χ0) is 22.7. The zero-order valence-corrected chi connectivity index (χ0v) is 20.1. The number of benzene rings is 1. The minimum Gasteiger partial charge on any atom is -0.506 e. The topological polar surface area (TPSA) is 58.9 Å². The summed E-state index contributed by atoms with van der Waals surface area (Å²) < 4.78 is 27.3. The molecule has 0 saturated heterocycles. The Balaban J connectivity index is 0.00000306. The fraction of sp³-hybridized carbons (Fsp3) is 0.115. The smallest absolute Gasteiger partial charge is 0.141 e. The monoisotopic (exact) mass is 623 g/mol. The molecule has 0 radical (unpaired) electrons. The Bertz CT molecular complexity index is 1290. The molecule has 7 heteroatoms. The van der Waals surface area contributed by atoms with E-state index in [1.807, 2.05) is 62.4 Å². The number of aliphatic hydroxyl groups excluding tert-OH is 1. The van der Waals surface area contributed by atoms with Crippen LogP contribution in [0.3, 0.4) is 0 Å². The third kappa shape index (κ3) is 5.40. The molecule has 0 atom stereocenters. The Morgan fingerprint density at radius 3 is 2.24 bits per heavy atom. The molecule has 4 nitrogen and oxygen atoms in total. The van der Waals surface area contributed by atoms with E-state index in [-0.39, 0.29) is 32.4 Å². The van der Waals surface area contributed by atoms with E-state index in [4.69, 9.17) is 0 Å². The number of aromatic nitrogens is 3. The van der Waals surface area contributed by atoms with E-state index in [1.54, 1.807) is 24.3 Å². The van der Waals surface area contributed by atoms with Gasteiger partial charge in [0.05, 0.1) is 5.69 Å². The van der Waals surface area contributed by atoms with Crippen molar-refractivity contribution in [2.45, 2.75) is 19.3 Å². The maximum absolute atomic E-state index is 14.1. The molecule has 33 heavy (non-hydrogen) atoms. The molecule has 4 aromatic rings. The molecule has 0 aliphatic rings. The van der Waals surface area contributed by atoms with E-state index in [9.17, 15) is 13.9 Å². The van der Waals surface area contributed by atoms with Crippen molar-refractivity contribution >= 4 is 11.8 Å². The average molecular weight is 624 g/mol. The van der Waals surface area contributed by atoms with Gasteiger partial charge in [-0.2, -0.15) is 0 Å². The van der Waals surface area contributed by atoms with E-state index in [0.717, 1.165) is 11.6 Å². The minimum atomic E-state index is -0.969. The second kappa shape index (κ2) is 10.1. The Hall–Kier alpha value is -3.24. The number of rotatable bonds is 5. The summed E-state index contributed by atoms with van der Waals surface area (Å²) >= 11 is 0. The second-order valence-corrected chi connectivity index (χ2v) is 7.77. The Morgan fingerprint density at radius 1 is 0.879 bits per heavy atom. The number of nitrogens with zero attached hydrogens (tertiary/aromatic N) is 3. The van der Waals surface area contributed by atoms with Gasteiger partial charge in [0, 0.05) is 32.2 Å². The maximum atomic E-state index is 14.1. The molecule has 0 amide bonds. The van der Waals surface area contributed by atoms with Crippen LogP contribution in [0.15, 0.2) is 72.8 Å². The van der Waals surface area contributed by atoms with Crippen molar-refractivity contribution < 1.29 is 35.0 Å². The van der Waals surface area contributed by atoms with Gasteiger partial charge < -0.3 is 10.1 Å². The van der Waals surface area contributed by atoms with Crippen molar-refractivity contribution in [2.75, 3.05) is 0 Å². The minimum absolute atomic E-state index is 0. The molecule has 3 heterocycles. The maximum Gasteiger partial charge on any atom is 0.141 e. The van der Waals surface area contributed by atoms with Crippen LogP contribution in [0.2, 0.25) is 0 Å². The summed E-state index contributed by atoms with van der Waals surface area (Å²) in [5.74, 6) is -1.86. The van der Waals surface area contributed by atoms with Crippen molar-refractivity contribution in [3.63, 3.8) is 0 Å². The summed E-state index contributed by atoms with van der Waals surface area (Å²) in [7, 11) is 0. The Morgan fingerprint density at radius 2 is 1.55 bits per heavy atom. The largest absolute Gasteiger partial charge is 0.506 e. The summed E-state index contributed by atoms with van der Waals surface area (Å²) in [6.07, 6.45) is 1.65. The van der Waals surface area contributed by atoms with E-state index >= 15 is 0 Å². The van der Waals surface area contributed by atoms with Crippen LogP contribution in [0.4, 0.5) is 8.78 Å². The molecule has 0 saturated carbocycles. The van der Waals surface area contributed by atoms with Gasteiger partial charge in [0.25, 0.3) is 0 Å². The van der Waals surface area contributed by atoms with Crippen LogP contribution in [-0.4, -0.2) is 20.1 Å². The number of hydrogen-bond donors (Lipinski definition) is 1. The standard InChI is InChI=1S/C26H20F2N3O.Pt/c1-26(2,22-12-6-10-19(29-22)18-14-15-24(27)31-25(18)28)23-13-7-11-20(30-23)21(32)16-17-8-4-3-5-9-17;/h3-13,15-16,32H,1-2H3;/q-1;/b21-16-;. The molecule has 0 aliphatic heterocycles.